The number of hydrogen-bond donors (Lipinski definition) is 2. The van der Waals surface area contributed by atoms with E-state index in [4.69, 9.17) is 9.47 Å². The first-order valence-corrected chi connectivity index (χ1v) is 5.27. The zero-order valence-electron chi connectivity index (χ0n) is 10.1. The number of H-pyrrole nitrogens is 1. The molecule has 2 rings (SSSR count). The lowest BCUT2D eigenvalue weighted by atomic mass is 10.2. The quantitative estimate of drug-likeness (QED) is 0.861. The monoisotopic (exact) mass is 247 g/mol. The van der Waals surface area contributed by atoms with Crippen LogP contribution in [-0.2, 0) is 0 Å². The Hall–Kier alpha value is -2.50. The molecule has 0 aliphatic carbocycles. The molecule has 1 heterocycles. The van der Waals surface area contributed by atoms with Gasteiger partial charge < -0.3 is 14.8 Å². The second-order valence-corrected chi connectivity index (χ2v) is 3.49. The lowest BCUT2D eigenvalue weighted by molar-refractivity contribution is 0.102. The molecule has 0 saturated carbocycles. The molecular weight excluding hydrogens is 234 g/mol. The van der Waals surface area contributed by atoms with Crippen LogP contribution in [0.2, 0.25) is 0 Å². The summed E-state index contributed by atoms with van der Waals surface area (Å²) in [6.07, 6.45) is 1.51. The van der Waals surface area contributed by atoms with E-state index < -0.39 is 0 Å². The molecule has 0 aliphatic heterocycles. The van der Waals surface area contributed by atoms with Crippen molar-refractivity contribution in [3.63, 3.8) is 0 Å². The van der Waals surface area contributed by atoms with E-state index >= 15 is 0 Å². The highest BCUT2D eigenvalue weighted by Gasteiger charge is 2.11. The van der Waals surface area contributed by atoms with Crippen LogP contribution in [-0.4, -0.2) is 30.3 Å². The highest BCUT2D eigenvalue weighted by Crippen LogP contribution is 2.29. The number of carbonyl (C=O) groups excluding carboxylic acids is 1. The number of carbonyl (C=O) groups is 1. The number of hydrogen-bond acceptors (Lipinski definition) is 4. The number of methoxy groups -OCH3 is 2. The molecule has 94 valence electrons. The van der Waals surface area contributed by atoms with E-state index in [0.717, 1.165) is 0 Å². The predicted molar refractivity (Wildman–Crippen MR) is 66.1 cm³/mol. The molecule has 2 N–H and O–H groups in total. The van der Waals surface area contributed by atoms with E-state index in [1.807, 2.05) is 0 Å². The third-order valence-electron chi connectivity index (χ3n) is 2.40. The Bertz CT molecular complexity index is 538. The van der Waals surface area contributed by atoms with Crippen molar-refractivity contribution in [1.82, 2.24) is 10.2 Å². The van der Waals surface area contributed by atoms with Gasteiger partial charge in [-0.25, -0.2) is 0 Å². The van der Waals surface area contributed by atoms with Crippen molar-refractivity contribution in [2.24, 2.45) is 0 Å². The number of benzene rings is 1. The summed E-state index contributed by atoms with van der Waals surface area (Å²) in [7, 11) is 3.09. The molecule has 0 bridgehead atoms. The molecule has 18 heavy (non-hydrogen) atoms. The Morgan fingerprint density at radius 3 is 2.72 bits per heavy atom. The summed E-state index contributed by atoms with van der Waals surface area (Å²) in [5.41, 5.74) is 0.913. The number of aromatic nitrogens is 2. The SMILES string of the molecule is COc1ccc(OC)c(NC(=O)c2ccn[nH]2)c1. The fourth-order valence-electron chi connectivity index (χ4n) is 1.48. The molecule has 0 saturated heterocycles. The molecule has 0 spiro atoms. The van der Waals surface area contributed by atoms with Crippen LogP contribution in [0.3, 0.4) is 0 Å². The first kappa shape index (κ1) is 12.0. The van der Waals surface area contributed by atoms with E-state index in [-0.39, 0.29) is 5.91 Å². The minimum Gasteiger partial charge on any atom is -0.497 e. The molecule has 0 atom stereocenters. The maximum Gasteiger partial charge on any atom is 0.273 e. The van der Waals surface area contributed by atoms with Gasteiger partial charge in [0.15, 0.2) is 0 Å². The van der Waals surface area contributed by atoms with Crippen LogP contribution in [0.15, 0.2) is 30.5 Å². The Balaban J connectivity index is 2.24. The van der Waals surface area contributed by atoms with E-state index in [2.05, 4.69) is 15.5 Å². The smallest absolute Gasteiger partial charge is 0.273 e. The third-order valence-corrected chi connectivity index (χ3v) is 2.40. The number of ether oxygens (including phenoxy) is 2. The Morgan fingerprint density at radius 1 is 1.28 bits per heavy atom. The molecule has 6 heteroatoms. The van der Waals surface area contributed by atoms with Gasteiger partial charge in [-0.05, 0) is 18.2 Å². The van der Waals surface area contributed by atoms with Crippen LogP contribution < -0.4 is 14.8 Å². The van der Waals surface area contributed by atoms with E-state index in [0.29, 0.717) is 22.9 Å². The third kappa shape index (κ3) is 2.42. The Morgan fingerprint density at radius 2 is 2.11 bits per heavy atom. The molecule has 0 aliphatic rings. The van der Waals surface area contributed by atoms with Gasteiger partial charge in [-0.1, -0.05) is 0 Å². The van der Waals surface area contributed by atoms with Gasteiger partial charge in [0.2, 0.25) is 0 Å². The minimum absolute atomic E-state index is 0.293. The summed E-state index contributed by atoms with van der Waals surface area (Å²) in [6, 6.07) is 6.75. The lowest BCUT2D eigenvalue weighted by Gasteiger charge is -2.10. The average Bonchev–Trinajstić information content (AvgIpc) is 2.92. The van der Waals surface area contributed by atoms with Gasteiger partial charge in [-0.2, -0.15) is 5.10 Å². The van der Waals surface area contributed by atoms with Crippen molar-refractivity contribution >= 4 is 11.6 Å². The molecular formula is C12H13N3O3. The van der Waals surface area contributed by atoms with Gasteiger partial charge in [0.1, 0.15) is 17.2 Å². The van der Waals surface area contributed by atoms with Gasteiger partial charge in [0, 0.05) is 12.3 Å². The van der Waals surface area contributed by atoms with Gasteiger partial charge in [-0.15, -0.1) is 0 Å². The van der Waals surface area contributed by atoms with Crippen molar-refractivity contribution in [2.75, 3.05) is 19.5 Å². The van der Waals surface area contributed by atoms with Crippen molar-refractivity contribution in [3.05, 3.63) is 36.2 Å². The zero-order chi connectivity index (χ0) is 13.0. The number of nitrogens with zero attached hydrogens (tertiary/aromatic N) is 1. The summed E-state index contributed by atoms with van der Waals surface area (Å²) < 4.78 is 10.3. The minimum atomic E-state index is -0.293. The number of nitrogens with one attached hydrogen (secondary N) is 2. The van der Waals surface area contributed by atoms with E-state index in [1.54, 1.807) is 31.4 Å². The van der Waals surface area contributed by atoms with Crippen LogP contribution in [0.5, 0.6) is 11.5 Å². The second-order valence-electron chi connectivity index (χ2n) is 3.49. The first-order valence-electron chi connectivity index (χ1n) is 5.27. The fourth-order valence-corrected chi connectivity index (χ4v) is 1.48. The average molecular weight is 247 g/mol. The van der Waals surface area contributed by atoms with Gasteiger partial charge >= 0.3 is 0 Å². The lowest BCUT2D eigenvalue weighted by Crippen LogP contribution is -2.13. The highest BCUT2D eigenvalue weighted by atomic mass is 16.5. The summed E-state index contributed by atoms with van der Waals surface area (Å²) in [6.45, 7) is 0. The summed E-state index contributed by atoms with van der Waals surface area (Å²) in [4.78, 5) is 11.9. The predicted octanol–water partition coefficient (Wildman–Crippen LogP) is 1.68. The Kier molecular flexibility index (Phi) is 3.47. The molecule has 6 nitrogen and oxygen atoms in total. The largest absolute Gasteiger partial charge is 0.497 e. The van der Waals surface area contributed by atoms with Gasteiger partial charge in [0.05, 0.1) is 19.9 Å². The van der Waals surface area contributed by atoms with Crippen LogP contribution >= 0.6 is 0 Å². The van der Waals surface area contributed by atoms with Crippen molar-refractivity contribution in [3.8, 4) is 11.5 Å². The van der Waals surface area contributed by atoms with E-state index in [9.17, 15) is 4.79 Å². The number of amides is 1. The van der Waals surface area contributed by atoms with E-state index in [1.165, 1.54) is 13.3 Å². The summed E-state index contributed by atoms with van der Waals surface area (Å²) in [5, 5.41) is 9.03. The molecule has 2 aromatic rings. The number of aromatic amines is 1. The maximum absolute atomic E-state index is 11.9. The molecule has 0 radical (unpaired) electrons. The first-order chi connectivity index (χ1) is 8.74. The van der Waals surface area contributed by atoms with Gasteiger partial charge in [0.25, 0.3) is 5.91 Å². The summed E-state index contributed by atoms with van der Waals surface area (Å²) in [5.74, 6) is 0.901. The fraction of sp³-hybridized carbons (Fsp3) is 0.167. The highest BCUT2D eigenvalue weighted by molar-refractivity contribution is 6.03. The normalized spacial score (nSPS) is 9.89. The molecule has 1 aromatic carbocycles. The van der Waals surface area contributed by atoms with Crippen molar-refractivity contribution < 1.29 is 14.3 Å². The maximum atomic E-state index is 11.9. The zero-order valence-corrected chi connectivity index (χ0v) is 10.1. The topological polar surface area (TPSA) is 76.2 Å². The van der Waals surface area contributed by atoms with Crippen LogP contribution in [0.1, 0.15) is 10.5 Å². The molecule has 1 aromatic heterocycles. The summed E-state index contributed by atoms with van der Waals surface area (Å²) >= 11 is 0. The number of anilines is 1. The number of rotatable bonds is 4. The Labute approximate surface area is 104 Å². The van der Waals surface area contributed by atoms with Crippen molar-refractivity contribution in [1.29, 1.82) is 0 Å². The molecule has 0 fully saturated rings. The molecule has 1 amide bonds. The van der Waals surface area contributed by atoms with Crippen LogP contribution in [0.4, 0.5) is 5.69 Å². The standard InChI is InChI=1S/C12H13N3O3/c1-17-8-3-4-11(18-2)10(7-8)14-12(16)9-5-6-13-15-9/h3-7H,1-2H3,(H,13,15)(H,14,16). The molecule has 0 unspecified atom stereocenters. The van der Waals surface area contributed by atoms with Crippen LogP contribution in [0.25, 0.3) is 0 Å². The van der Waals surface area contributed by atoms with Crippen LogP contribution in [0, 0.1) is 0 Å². The van der Waals surface area contributed by atoms with Gasteiger partial charge in [-0.3, -0.25) is 9.89 Å². The van der Waals surface area contributed by atoms with Crippen molar-refractivity contribution in [2.45, 2.75) is 0 Å². The second kappa shape index (κ2) is 5.22.